The maximum Gasteiger partial charge on any atom is 0.135 e. The molecule has 1 aliphatic heterocycles. The molecule has 128 valence electrons. The van der Waals surface area contributed by atoms with E-state index in [4.69, 9.17) is 23.2 Å². The van der Waals surface area contributed by atoms with Gasteiger partial charge >= 0.3 is 0 Å². The number of rotatable bonds is 3. The summed E-state index contributed by atoms with van der Waals surface area (Å²) < 4.78 is 0. The van der Waals surface area contributed by atoms with Crippen LogP contribution in [0.15, 0.2) is 30.6 Å². The minimum absolute atomic E-state index is 0.108. The summed E-state index contributed by atoms with van der Waals surface area (Å²) in [5.74, 6) is 1.07. The highest BCUT2D eigenvalue weighted by molar-refractivity contribution is 6.30. The van der Waals surface area contributed by atoms with Crippen molar-refractivity contribution in [1.82, 2.24) is 9.97 Å². The van der Waals surface area contributed by atoms with Gasteiger partial charge in [-0.2, -0.15) is 0 Å². The molecule has 4 nitrogen and oxygen atoms in total. The predicted octanol–water partition coefficient (Wildman–Crippen LogP) is 4.13. The molecule has 6 heteroatoms. The number of alkyl halides is 1. The number of hydrogen-bond acceptors (Lipinski definition) is 4. The first-order valence-corrected chi connectivity index (χ1v) is 8.85. The highest BCUT2D eigenvalue weighted by atomic mass is 35.5. The van der Waals surface area contributed by atoms with Crippen molar-refractivity contribution in [2.75, 3.05) is 4.90 Å². The van der Waals surface area contributed by atoms with E-state index in [0.29, 0.717) is 17.3 Å². The summed E-state index contributed by atoms with van der Waals surface area (Å²) in [5, 5.41) is 11.6. The van der Waals surface area contributed by atoms with E-state index >= 15 is 0 Å². The summed E-state index contributed by atoms with van der Waals surface area (Å²) in [6.45, 7) is 6.21. The Hall–Kier alpha value is -1.36. The number of halogens is 2. The van der Waals surface area contributed by atoms with Crippen LogP contribution in [0.3, 0.4) is 0 Å². The van der Waals surface area contributed by atoms with Gasteiger partial charge < -0.3 is 10.0 Å². The van der Waals surface area contributed by atoms with Crippen molar-refractivity contribution < 1.29 is 5.11 Å². The molecule has 0 aromatic carbocycles. The maximum atomic E-state index is 11.0. The van der Waals surface area contributed by atoms with E-state index in [1.807, 2.05) is 23.1 Å². The molecule has 0 saturated heterocycles. The third-order valence-electron chi connectivity index (χ3n) is 4.38. The molecule has 0 saturated carbocycles. The normalized spacial score (nSPS) is 20.3. The summed E-state index contributed by atoms with van der Waals surface area (Å²) >= 11 is 12.1. The van der Waals surface area contributed by atoms with Crippen LogP contribution in [-0.2, 0) is 12.3 Å². The van der Waals surface area contributed by atoms with Gasteiger partial charge in [-0.1, -0.05) is 17.7 Å². The van der Waals surface area contributed by atoms with E-state index in [-0.39, 0.29) is 11.5 Å². The zero-order valence-corrected chi connectivity index (χ0v) is 15.5. The van der Waals surface area contributed by atoms with E-state index in [0.717, 1.165) is 22.6 Å². The highest BCUT2D eigenvalue weighted by Gasteiger charge is 2.43. The third-order valence-corrected chi connectivity index (χ3v) is 4.87. The number of anilines is 1. The quantitative estimate of drug-likeness (QED) is 0.830. The van der Waals surface area contributed by atoms with Gasteiger partial charge in [-0.3, -0.25) is 4.98 Å². The molecule has 0 amide bonds. The summed E-state index contributed by atoms with van der Waals surface area (Å²) in [6, 6.07) is 5.77. The van der Waals surface area contributed by atoms with E-state index in [1.54, 1.807) is 12.4 Å². The van der Waals surface area contributed by atoms with Crippen molar-refractivity contribution in [2.24, 2.45) is 0 Å². The maximum absolute atomic E-state index is 11.0. The van der Waals surface area contributed by atoms with Crippen LogP contribution in [0.1, 0.15) is 43.5 Å². The van der Waals surface area contributed by atoms with Crippen LogP contribution in [-0.4, -0.2) is 26.8 Å². The molecule has 24 heavy (non-hydrogen) atoms. The first kappa shape index (κ1) is 17.5. The van der Waals surface area contributed by atoms with Gasteiger partial charge in [-0.25, -0.2) is 4.98 Å². The Morgan fingerprint density at radius 1 is 1.29 bits per heavy atom. The van der Waals surface area contributed by atoms with Gasteiger partial charge in [0, 0.05) is 47.4 Å². The van der Waals surface area contributed by atoms with Gasteiger partial charge in [0.1, 0.15) is 12.0 Å². The molecule has 2 aromatic heterocycles. The lowest BCUT2D eigenvalue weighted by Crippen LogP contribution is -2.47. The Morgan fingerprint density at radius 2 is 2.04 bits per heavy atom. The summed E-state index contributed by atoms with van der Waals surface area (Å²) in [6.07, 6.45) is 3.32. The zero-order valence-electron chi connectivity index (χ0n) is 14.0. The van der Waals surface area contributed by atoms with Crippen LogP contribution < -0.4 is 4.90 Å². The second kappa shape index (κ2) is 6.51. The number of fused-ring (bicyclic) bond motifs is 1. The van der Waals surface area contributed by atoms with Gasteiger partial charge in [-0.15, -0.1) is 11.6 Å². The van der Waals surface area contributed by atoms with Gasteiger partial charge in [-0.05, 0) is 38.5 Å². The SMILES string of the molecule is CC(C)(C)N1c2ncccc2C(Cc2ncc(Cl)cc2CCl)C1O. The fourth-order valence-electron chi connectivity index (χ4n) is 3.31. The summed E-state index contributed by atoms with van der Waals surface area (Å²) in [4.78, 5) is 10.9. The highest BCUT2D eigenvalue weighted by Crippen LogP contribution is 2.43. The molecule has 1 aliphatic rings. The monoisotopic (exact) mass is 365 g/mol. The Morgan fingerprint density at radius 3 is 2.71 bits per heavy atom. The number of nitrogens with zero attached hydrogens (tertiary/aromatic N) is 3. The predicted molar refractivity (Wildman–Crippen MR) is 97.7 cm³/mol. The molecule has 0 aliphatic carbocycles. The average Bonchev–Trinajstić information content (AvgIpc) is 2.81. The Labute approximate surface area is 152 Å². The number of aliphatic hydroxyl groups excluding tert-OH is 1. The number of pyridine rings is 2. The molecule has 3 rings (SSSR count). The van der Waals surface area contributed by atoms with Crippen LogP contribution in [0.2, 0.25) is 5.02 Å². The molecule has 0 bridgehead atoms. The van der Waals surface area contributed by atoms with Crippen LogP contribution in [0, 0.1) is 0 Å². The van der Waals surface area contributed by atoms with Gasteiger partial charge in [0.15, 0.2) is 0 Å². The summed E-state index contributed by atoms with van der Waals surface area (Å²) in [7, 11) is 0. The average molecular weight is 366 g/mol. The lowest BCUT2D eigenvalue weighted by Gasteiger charge is -2.37. The van der Waals surface area contributed by atoms with Gasteiger partial charge in [0.2, 0.25) is 0 Å². The second-order valence-corrected chi connectivity index (χ2v) is 7.78. The first-order chi connectivity index (χ1) is 11.3. The van der Waals surface area contributed by atoms with E-state index in [1.165, 1.54) is 0 Å². The fourth-order valence-corrected chi connectivity index (χ4v) is 3.73. The molecule has 0 spiro atoms. The molecular formula is C18H21Cl2N3O. The molecule has 2 atom stereocenters. The van der Waals surface area contributed by atoms with Crippen LogP contribution in [0.5, 0.6) is 0 Å². The molecule has 1 N–H and O–H groups in total. The Kier molecular flexibility index (Phi) is 4.73. The Bertz CT molecular complexity index is 745. The van der Waals surface area contributed by atoms with Crippen molar-refractivity contribution in [2.45, 2.75) is 50.8 Å². The lowest BCUT2D eigenvalue weighted by molar-refractivity contribution is 0.128. The molecule has 2 aromatic rings. The van der Waals surface area contributed by atoms with Gasteiger partial charge in [0.05, 0.1) is 5.02 Å². The molecular weight excluding hydrogens is 345 g/mol. The van der Waals surface area contributed by atoms with Crippen LogP contribution in [0.25, 0.3) is 0 Å². The zero-order chi connectivity index (χ0) is 17.5. The van der Waals surface area contributed by atoms with Crippen molar-refractivity contribution in [3.8, 4) is 0 Å². The van der Waals surface area contributed by atoms with Crippen LogP contribution in [0.4, 0.5) is 5.82 Å². The molecule has 2 unspecified atom stereocenters. The standard InChI is InChI=1S/C18H21Cl2N3O/c1-18(2,3)23-16-13(5-4-6-21-16)14(17(23)24)8-15-11(9-19)7-12(20)10-22-15/h4-7,10,14,17,24H,8-9H2,1-3H3. The molecule has 0 radical (unpaired) electrons. The minimum Gasteiger partial charge on any atom is -0.373 e. The van der Waals surface area contributed by atoms with Crippen molar-refractivity contribution >= 4 is 29.0 Å². The molecule has 3 heterocycles. The smallest absolute Gasteiger partial charge is 0.135 e. The van der Waals surface area contributed by atoms with Gasteiger partial charge in [0.25, 0.3) is 0 Å². The first-order valence-electron chi connectivity index (χ1n) is 7.94. The third kappa shape index (κ3) is 3.10. The largest absolute Gasteiger partial charge is 0.373 e. The van der Waals surface area contributed by atoms with Crippen molar-refractivity contribution in [3.63, 3.8) is 0 Å². The Balaban J connectivity index is 2.00. The van der Waals surface area contributed by atoms with Crippen LogP contribution >= 0.6 is 23.2 Å². The second-order valence-electron chi connectivity index (χ2n) is 7.07. The van der Waals surface area contributed by atoms with Crippen molar-refractivity contribution in [1.29, 1.82) is 0 Å². The lowest BCUT2D eigenvalue weighted by atomic mass is 9.94. The number of aromatic nitrogens is 2. The number of aliphatic hydroxyl groups is 1. The summed E-state index contributed by atoms with van der Waals surface area (Å²) in [5.41, 5.74) is 2.57. The number of hydrogen-bond donors (Lipinski definition) is 1. The van der Waals surface area contributed by atoms with E-state index in [2.05, 4.69) is 30.7 Å². The minimum atomic E-state index is -0.657. The fraction of sp³-hybridized carbons (Fsp3) is 0.444. The van der Waals surface area contributed by atoms with E-state index in [9.17, 15) is 5.11 Å². The van der Waals surface area contributed by atoms with E-state index < -0.39 is 6.23 Å². The molecule has 0 fully saturated rings. The van der Waals surface area contributed by atoms with Crippen molar-refractivity contribution in [3.05, 3.63) is 52.4 Å². The topological polar surface area (TPSA) is 49.2 Å².